The van der Waals surface area contributed by atoms with Crippen molar-refractivity contribution in [2.75, 3.05) is 6.54 Å². The molecule has 0 unspecified atom stereocenters. The van der Waals surface area contributed by atoms with Crippen molar-refractivity contribution in [3.05, 3.63) is 18.0 Å². The zero-order valence-electron chi connectivity index (χ0n) is 11.7. The minimum atomic E-state index is 0. The summed E-state index contributed by atoms with van der Waals surface area (Å²) < 4.78 is 0. The molecular weight excluding hydrogens is 353 g/mol. The summed E-state index contributed by atoms with van der Waals surface area (Å²) in [6.45, 7) is 3.69. The molecule has 0 saturated carbocycles. The number of guanidine groups is 1. The summed E-state index contributed by atoms with van der Waals surface area (Å²) in [5.74, 6) is 0.512. The van der Waals surface area contributed by atoms with Gasteiger partial charge in [0, 0.05) is 12.7 Å². The molecule has 0 aromatic carbocycles. The van der Waals surface area contributed by atoms with E-state index < -0.39 is 0 Å². The third-order valence-electron chi connectivity index (χ3n) is 2.81. The van der Waals surface area contributed by atoms with Crippen LogP contribution in [-0.2, 0) is 6.54 Å². The molecule has 1 rings (SSSR count). The van der Waals surface area contributed by atoms with Gasteiger partial charge in [-0.15, -0.1) is 24.0 Å². The third-order valence-corrected chi connectivity index (χ3v) is 2.81. The van der Waals surface area contributed by atoms with E-state index in [2.05, 4.69) is 27.4 Å². The maximum atomic E-state index is 5.76. The highest BCUT2D eigenvalue weighted by Crippen LogP contribution is 2.03. The Morgan fingerprint density at radius 3 is 2.74 bits per heavy atom. The lowest BCUT2D eigenvalue weighted by Crippen LogP contribution is -2.32. The summed E-state index contributed by atoms with van der Waals surface area (Å²) in [6, 6.07) is 1.89. The molecule has 0 saturated heterocycles. The van der Waals surface area contributed by atoms with Crippen LogP contribution in [0.3, 0.4) is 0 Å². The van der Waals surface area contributed by atoms with Crippen molar-refractivity contribution in [2.24, 2.45) is 10.7 Å². The fourth-order valence-corrected chi connectivity index (χ4v) is 1.72. The van der Waals surface area contributed by atoms with Gasteiger partial charge in [0.15, 0.2) is 5.96 Å². The van der Waals surface area contributed by atoms with Crippen LogP contribution in [0.2, 0.25) is 0 Å². The second kappa shape index (κ2) is 12.3. The maximum absolute atomic E-state index is 5.76. The second-order valence-corrected chi connectivity index (χ2v) is 4.48. The highest BCUT2D eigenvalue weighted by atomic mass is 127. The number of aliphatic imine (C=N–C) groups is 1. The molecule has 6 heteroatoms. The van der Waals surface area contributed by atoms with Gasteiger partial charge in [0.1, 0.15) is 0 Å². The first-order chi connectivity index (χ1) is 8.83. The standard InChI is InChI=1S/C13H25N5.HI/c1-2-3-4-5-6-7-9-15-13(14)16-11-12-8-10-17-18-12;/h8,10H,2-7,9,11H2,1H3,(H,17,18)(H3,14,15,16);1H. The van der Waals surface area contributed by atoms with Crippen LogP contribution in [0.5, 0.6) is 0 Å². The number of halogens is 1. The van der Waals surface area contributed by atoms with Gasteiger partial charge in [-0.3, -0.25) is 5.10 Å². The molecular formula is C13H26IN5. The van der Waals surface area contributed by atoms with Crippen molar-refractivity contribution in [1.29, 1.82) is 0 Å². The van der Waals surface area contributed by atoms with Crippen LogP contribution >= 0.6 is 24.0 Å². The fourth-order valence-electron chi connectivity index (χ4n) is 1.72. The average molecular weight is 379 g/mol. The summed E-state index contributed by atoms with van der Waals surface area (Å²) >= 11 is 0. The Morgan fingerprint density at radius 2 is 2.05 bits per heavy atom. The predicted octanol–water partition coefficient (Wildman–Crippen LogP) is 2.79. The third kappa shape index (κ3) is 9.75. The van der Waals surface area contributed by atoms with Gasteiger partial charge in [-0.25, -0.2) is 4.99 Å². The molecule has 0 aliphatic carbocycles. The number of unbranched alkanes of at least 4 members (excludes halogenated alkanes) is 5. The largest absolute Gasteiger partial charge is 0.370 e. The first-order valence-corrected chi connectivity index (χ1v) is 6.85. The number of hydrogen-bond acceptors (Lipinski definition) is 2. The number of nitrogens with two attached hydrogens (primary N) is 1. The number of hydrogen-bond donors (Lipinski definition) is 3. The molecule has 1 heterocycles. The molecule has 110 valence electrons. The van der Waals surface area contributed by atoms with Gasteiger partial charge in [-0.05, 0) is 12.5 Å². The lowest BCUT2D eigenvalue weighted by Gasteiger charge is -2.05. The molecule has 0 aliphatic heterocycles. The van der Waals surface area contributed by atoms with Gasteiger partial charge in [0.05, 0.1) is 12.2 Å². The molecule has 5 nitrogen and oxygen atoms in total. The van der Waals surface area contributed by atoms with Crippen LogP contribution in [0.25, 0.3) is 0 Å². The summed E-state index contributed by atoms with van der Waals surface area (Å²) in [5.41, 5.74) is 6.73. The van der Waals surface area contributed by atoms with E-state index in [1.54, 1.807) is 6.20 Å². The van der Waals surface area contributed by atoms with E-state index in [9.17, 15) is 0 Å². The molecule has 0 radical (unpaired) electrons. The number of aromatic nitrogens is 2. The highest BCUT2D eigenvalue weighted by Gasteiger charge is 1.94. The van der Waals surface area contributed by atoms with Gasteiger partial charge in [-0.2, -0.15) is 5.10 Å². The van der Waals surface area contributed by atoms with E-state index in [-0.39, 0.29) is 24.0 Å². The normalized spacial score (nSPS) is 11.1. The van der Waals surface area contributed by atoms with Crippen molar-refractivity contribution in [2.45, 2.75) is 52.0 Å². The van der Waals surface area contributed by atoms with Crippen LogP contribution in [0.15, 0.2) is 17.3 Å². The average Bonchev–Trinajstić information content (AvgIpc) is 2.88. The molecule has 0 amide bonds. The Labute approximate surface area is 132 Å². The molecule has 1 aromatic rings. The van der Waals surface area contributed by atoms with E-state index in [0.717, 1.165) is 18.7 Å². The van der Waals surface area contributed by atoms with Gasteiger partial charge in [0.25, 0.3) is 0 Å². The lowest BCUT2D eigenvalue weighted by atomic mass is 10.1. The van der Waals surface area contributed by atoms with Gasteiger partial charge in [0.2, 0.25) is 0 Å². The van der Waals surface area contributed by atoms with Gasteiger partial charge in [-0.1, -0.05) is 39.0 Å². The zero-order chi connectivity index (χ0) is 13.1. The van der Waals surface area contributed by atoms with Crippen LogP contribution < -0.4 is 11.1 Å². The van der Waals surface area contributed by atoms with Crippen LogP contribution in [0.4, 0.5) is 0 Å². The van der Waals surface area contributed by atoms with Crippen molar-refractivity contribution in [3.8, 4) is 0 Å². The number of nitrogens with zero attached hydrogens (tertiary/aromatic N) is 2. The molecule has 19 heavy (non-hydrogen) atoms. The molecule has 0 bridgehead atoms. The Morgan fingerprint density at radius 1 is 1.32 bits per heavy atom. The molecule has 4 N–H and O–H groups in total. The molecule has 0 atom stereocenters. The summed E-state index contributed by atoms with van der Waals surface area (Å²) in [6.07, 6.45) is 9.45. The lowest BCUT2D eigenvalue weighted by molar-refractivity contribution is 0.601. The van der Waals surface area contributed by atoms with Gasteiger partial charge < -0.3 is 11.1 Å². The number of nitrogens with one attached hydrogen (secondary N) is 2. The SMILES string of the molecule is CCCCCCCCNC(N)=NCc1ccn[nH]1.I. The second-order valence-electron chi connectivity index (χ2n) is 4.48. The Hall–Kier alpha value is -0.790. The Balaban J connectivity index is 0.00000324. The minimum Gasteiger partial charge on any atom is -0.370 e. The Bertz CT molecular complexity index is 324. The smallest absolute Gasteiger partial charge is 0.188 e. The van der Waals surface area contributed by atoms with E-state index in [4.69, 9.17) is 5.73 Å². The monoisotopic (exact) mass is 379 g/mol. The molecule has 0 fully saturated rings. The van der Waals surface area contributed by atoms with Crippen molar-refractivity contribution < 1.29 is 0 Å². The van der Waals surface area contributed by atoms with Crippen LogP contribution in [0, 0.1) is 0 Å². The first-order valence-electron chi connectivity index (χ1n) is 6.85. The fraction of sp³-hybridized carbons (Fsp3) is 0.692. The van der Waals surface area contributed by atoms with Crippen LogP contribution in [-0.4, -0.2) is 22.7 Å². The van der Waals surface area contributed by atoms with E-state index in [1.807, 2.05) is 6.07 Å². The van der Waals surface area contributed by atoms with E-state index in [1.165, 1.54) is 32.1 Å². The van der Waals surface area contributed by atoms with Crippen molar-refractivity contribution in [3.63, 3.8) is 0 Å². The van der Waals surface area contributed by atoms with E-state index in [0.29, 0.717) is 12.5 Å². The maximum Gasteiger partial charge on any atom is 0.188 e. The number of aromatic amines is 1. The predicted molar refractivity (Wildman–Crippen MR) is 90.7 cm³/mol. The van der Waals surface area contributed by atoms with Crippen molar-refractivity contribution in [1.82, 2.24) is 15.5 Å². The molecule has 1 aromatic heterocycles. The Kier molecular flexibility index (Phi) is 11.7. The molecule has 0 aliphatic rings. The van der Waals surface area contributed by atoms with E-state index >= 15 is 0 Å². The minimum absolute atomic E-state index is 0. The summed E-state index contributed by atoms with van der Waals surface area (Å²) in [4.78, 5) is 4.23. The molecule has 0 spiro atoms. The number of H-pyrrole nitrogens is 1. The highest BCUT2D eigenvalue weighted by molar-refractivity contribution is 14.0. The first kappa shape index (κ1) is 18.2. The van der Waals surface area contributed by atoms with Crippen LogP contribution in [0.1, 0.15) is 51.1 Å². The summed E-state index contributed by atoms with van der Waals surface area (Å²) in [5, 5.41) is 9.83. The zero-order valence-corrected chi connectivity index (χ0v) is 14.0. The quantitative estimate of drug-likeness (QED) is 0.267. The summed E-state index contributed by atoms with van der Waals surface area (Å²) in [7, 11) is 0. The number of rotatable bonds is 9. The topological polar surface area (TPSA) is 79.1 Å². The van der Waals surface area contributed by atoms with Gasteiger partial charge >= 0.3 is 0 Å². The van der Waals surface area contributed by atoms with Crippen molar-refractivity contribution >= 4 is 29.9 Å².